The van der Waals surface area contributed by atoms with Gasteiger partial charge in [-0.05, 0) is 54.6 Å². The molecule has 0 bridgehead atoms. The van der Waals surface area contributed by atoms with Gasteiger partial charge in [0.25, 0.3) is 11.6 Å². The average Bonchev–Trinajstić information content (AvgIpc) is 3.46. The van der Waals surface area contributed by atoms with E-state index in [-0.39, 0.29) is 17.4 Å². The second-order valence-corrected chi connectivity index (χ2v) is 9.22. The van der Waals surface area contributed by atoms with Crippen LogP contribution in [0.2, 0.25) is 0 Å². The van der Waals surface area contributed by atoms with Crippen LogP contribution in [0.25, 0.3) is 17.4 Å². The van der Waals surface area contributed by atoms with Gasteiger partial charge in [0.1, 0.15) is 17.3 Å². The number of benzene rings is 2. The van der Waals surface area contributed by atoms with Crippen LogP contribution < -0.4 is 4.90 Å². The first kappa shape index (κ1) is 22.9. The van der Waals surface area contributed by atoms with Crippen LogP contribution in [0.15, 0.2) is 68.9 Å². The van der Waals surface area contributed by atoms with Crippen LogP contribution in [-0.4, -0.2) is 47.1 Å². The molecule has 1 fully saturated rings. The smallest absolute Gasteiger partial charge is 0.286 e. The summed E-state index contributed by atoms with van der Waals surface area (Å²) in [5.74, 6) is 0.152. The van der Waals surface area contributed by atoms with Gasteiger partial charge in [0, 0.05) is 38.3 Å². The lowest BCUT2D eigenvalue weighted by Crippen LogP contribution is -2.48. The quantitative estimate of drug-likeness (QED) is 0.284. The fourth-order valence-electron chi connectivity index (χ4n) is 4.09. The van der Waals surface area contributed by atoms with Gasteiger partial charge in [0.2, 0.25) is 0 Å². The fraction of sp³-hybridized carbons (Fsp3) is 0.200. The van der Waals surface area contributed by atoms with Crippen LogP contribution in [0.1, 0.15) is 11.3 Å². The lowest BCUT2D eigenvalue weighted by Gasteiger charge is -2.36. The number of hydrogen-bond donors (Lipinski definition) is 0. The van der Waals surface area contributed by atoms with E-state index >= 15 is 0 Å². The normalized spacial score (nSPS) is 17.3. The van der Waals surface area contributed by atoms with E-state index in [1.165, 1.54) is 23.9 Å². The standard InChI is InChI=1S/C25H21FN4O4S/c1-16-6-8-18(21(14-16)30(32)33)22-9-7-17(34-22)15-23-24(31)27-25(35-23)29-12-10-28(11-13-29)20-5-3-2-4-19(20)26/h2-9,14-15H,10-13H2,1H3. The number of amides is 1. The van der Waals surface area contributed by atoms with Gasteiger partial charge < -0.3 is 14.2 Å². The van der Waals surface area contributed by atoms with Crippen LogP contribution in [0.4, 0.5) is 15.8 Å². The lowest BCUT2D eigenvalue weighted by molar-refractivity contribution is -0.384. The second-order valence-electron chi connectivity index (χ2n) is 8.22. The number of aliphatic imine (C=N–C) groups is 1. The molecule has 1 saturated heterocycles. The van der Waals surface area contributed by atoms with Crippen molar-refractivity contribution in [2.75, 3.05) is 31.1 Å². The van der Waals surface area contributed by atoms with E-state index in [0.29, 0.717) is 59.0 Å². The van der Waals surface area contributed by atoms with Crippen LogP contribution in [0.5, 0.6) is 0 Å². The molecular weight excluding hydrogens is 471 g/mol. The molecule has 0 radical (unpaired) electrons. The Kier molecular flexibility index (Phi) is 6.12. The summed E-state index contributed by atoms with van der Waals surface area (Å²) in [7, 11) is 0. The molecule has 0 aliphatic carbocycles. The van der Waals surface area contributed by atoms with Crippen molar-refractivity contribution >= 4 is 40.3 Å². The summed E-state index contributed by atoms with van der Waals surface area (Å²) in [5.41, 5.74) is 1.69. The molecule has 1 aromatic heterocycles. The monoisotopic (exact) mass is 492 g/mol. The molecule has 5 rings (SSSR count). The highest BCUT2D eigenvalue weighted by atomic mass is 32.2. The number of halogens is 1. The number of hydrogen-bond acceptors (Lipinski definition) is 7. The predicted molar refractivity (Wildman–Crippen MR) is 134 cm³/mol. The van der Waals surface area contributed by atoms with E-state index in [1.54, 1.807) is 49.4 Å². The number of anilines is 1. The number of aryl methyl sites for hydroxylation is 1. The molecule has 35 heavy (non-hydrogen) atoms. The molecule has 2 aliphatic rings. The molecular formula is C25H21FN4O4S. The third-order valence-electron chi connectivity index (χ3n) is 5.87. The topological polar surface area (TPSA) is 92.2 Å². The Morgan fingerprint density at radius 1 is 1.09 bits per heavy atom. The minimum Gasteiger partial charge on any atom is -0.456 e. The summed E-state index contributed by atoms with van der Waals surface area (Å²) in [4.78, 5) is 32.1. The Hall–Kier alpha value is -3.92. The maximum Gasteiger partial charge on any atom is 0.286 e. The number of para-hydroxylation sites is 1. The van der Waals surface area contributed by atoms with Crippen molar-refractivity contribution < 1.29 is 18.5 Å². The van der Waals surface area contributed by atoms with Crippen molar-refractivity contribution in [3.05, 3.63) is 86.8 Å². The number of nitrogens with zero attached hydrogens (tertiary/aromatic N) is 4. The molecule has 178 valence electrons. The number of thioether (sulfide) groups is 1. The van der Waals surface area contributed by atoms with Crippen molar-refractivity contribution in [1.29, 1.82) is 0 Å². The molecule has 0 N–H and O–H groups in total. The van der Waals surface area contributed by atoms with Crippen LogP contribution in [0.3, 0.4) is 0 Å². The van der Waals surface area contributed by atoms with Gasteiger partial charge in [-0.1, -0.05) is 18.2 Å². The maximum absolute atomic E-state index is 14.1. The van der Waals surface area contributed by atoms with E-state index in [1.807, 2.05) is 15.9 Å². The van der Waals surface area contributed by atoms with Gasteiger partial charge in [0.15, 0.2) is 5.17 Å². The third-order valence-corrected chi connectivity index (χ3v) is 6.91. The van der Waals surface area contributed by atoms with Gasteiger partial charge in [-0.3, -0.25) is 14.9 Å². The number of carbonyl (C=O) groups is 1. The van der Waals surface area contributed by atoms with E-state index < -0.39 is 4.92 Å². The lowest BCUT2D eigenvalue weighted by atomic mass is 10.1. The Morgan fingerprint density at radius 3 is 2.57 bits per heavy atom. The number of carbonyl (C=O) groups excluding carboxylic acids is 1. The summed E-state index contributed by atoms with van der Waals surface area (Å²) in [6, 6.07) is 15.0. The molecule has 2 aliphatic heterocycles. The zero-order valence-corrected chi connectivity index (χ0v) is 19.6. The molecule has 0 unspecified atom stereocenters. The minimum atomic E-state index is -0.439. The summed E-state index contributed by atoms with van der Waals surface area (Å²) < 4.78 is 19.9. The van der Waals surface area contributed by atoms with Gasteiger partial charge in [-0.15, -0.1) is 0 Å². The fourth-order valence-corrected chi connectivity index (χ4v) is 5.03. The molecule has 0 atom stereocenters. The van der Waals surface area contributed by atoms with E-state index in [9.17, 15) is 19.3 Å². The number of nitro groups is 1. The van der Waals surface area contributed by atoms with Crippen LogP contribution >= 0.6 is 11.8 Å². The minimum absolute atomic E-state index is 0.0370. The molecule has 1 amide bonds. The highest BCUT2D eigenvalue weighted by Crippen LogP contribution is 2.35. The first-order chi connectivity index (χ1) is 16.9. The van der Waals surface area contributed by atoms with E-state index in [4.69, 9.17) is 4.42 Å². The van der Waals surface area contributed by atoms with Crippen LogP contribution in [-0.2, 0) is 4.79 Å². The molecule has 0 spiro atoms. The highest BCUT2D eigenvalue weighted by molar-refractivity contribution is 8.18. The third kappa shape index (κ3) is 4.69. The Labute approximate surface area is 204 Å². The van der Waals surface area contributed by atoms with Gasteiger partial charge in [-0.2, -0.15) is 4.99 Å². The number of rotatable bonds is 4. The first-order valence-electron chi connectivity index (χ1n) is 11.0. The van der Waals surface area contributed by atoms with Gasteiger partial charge in [0.05, 0.1) is 21.1 Å². The largest absolute Gasteiger partial charge is 0.456 e. The Bertz CT molecular complexity index is 1380. The summed E-state index contributed by atoms with van der Waals surface area (Å²) in [5, 5.41) is 12.0. The van der Waals surface area contributed by atoms with Gasteiger partial charge in [-0.25, -0.2) is 4.39 Å². The van der Waals surface area contributed by atoms with Crippen molar-refractivity contribution in [3.63, 3.8) is 0 Å². The summed E-state index contributed by atoms with van der Waals surface area (Å²) in [6.07, 6.45) is 1.60. The second kappa shape index (κ2) is 9.38. The molecule has 8 nitrogen and oxygen atoms in total. The van der Waals surface area contributed by atoms with Gasteiger partial charge >= 0.3 is 0 Å². The summed E-state index contributed by atoms with van der Waals surface area (Å²) >= 11 is 1.26. The van der Waals surface area contributed by atoms with Crippen molar-refractivity contribution in [3.8, 4) is 11.3 Å². The van der Waals surface area contributed by atoms with Crippen molar-refractivity contribution in [2.24, 2.45) is 4.99 Å². The van der Waals surface area contributed by atoms with Crippen LogP contribution in [0, 0.1) is 22.9 Å². The van der Waals surface area contributed by atoms with Crippen molar-refractivity contribution in [2.45, 2.75) is 6.92 Å². The van der Waals surface area contributed by atoms with E-state index in [2.05, 4.69) is 4.99 Å². The Morgan fingerprint density at radius 2 is 1.83 bits per heavy atom. The zero-order valence-electron chi connectivity index (χ0n) is 18.8. The highest BCUT2D eigenvalue weighted by Gasteiger charge is 2.29. The molecule has 0 saturated carbocycles. The predicted octanol–water partition coefficient (Wildman–Crippen LogP) is 5.09. The zero-order chi connectivity index (χ0) is 24.5. The number of furan rings is 1. The Balaban J connectivity index is 1.27. The van der Waals surface area contributed by atoms with E-state index in [0.717, 1.165) is 5.56 Å². The number of piperazine rings is 1. The molecule has 3 aromatic rings. The first-order valence-corrected chi connectivity index (χ1v) is 11.8. The SMILES string of the molecule is Cc1ccc(-c2ccc(C=C3SC(N4CCN(c5ccccc5F)CC4)=NC3=O)o2)c([N+](=O)[O-])c1. The maximum atomic E-state index is 14.1. The molecule has 3 heterocycles. The number of nitro benzene ring substituents is 1. The number of amidine groups is 1. The molecule has 10 heteroatoms. The average molecular weight is 493 g/mol. The molecule has 2 aromatic carbocycles. The summed E-state index contributed by atoms with van der Waals surface area (Å²) in [6.45, 7) is 4.25. The van der Waals surface area contributed by atoms with Crippen molar-refractivity contribution in [1.82, 2.24) is 4.90 Å².